The molecule has 0 unspecified atom stereocenters. The van der Waals surface area contributed by atoms with Gasteiger partial charge in [-0.1, -0.05) is 26.0 Å². The summed E-state index contributed by atoms with van der Waals surface area (Å²) in [6, 6.07) is 0. The first-order chi connectivity index (χ1) is 9.95. The highest BCUT2D eigenvalue weighted by Crippen LogP contribution is 2.65. The first kappa shape index (κ1) is 14.3. The molecule has 0 amide bonds. The zero-order valence-electron chi connectivity index (χ0n) is 13.5. The largest absolute Gasteiger partial charge is 0.393 e. The van der Waals surface area contributed by atoms with Crippen LogP contribution >= 0.6 is 0 Å². The van der Waals surface area contributed by atoms with E-state index >= 15 is 0 Å². The van der Waals surface area contributed by atoms with Crippen LogP contribution in [0.5, 0.6) is 0 Å². The molecule has 0 heterocycles. The van der Waals surface area contributed by atoms with E-state index < -0.39 is 0 Å². The summed E-state index contributed by atoms with van der Waals surface area (Å²) in [4.78, 5) is 0. The molecule has 8 atom stereocenters. The number of fused-ring (bicyclic) bond motifs is 5. The van der Waals surface area contributed by atoms with Crippen LogP contribution in [0.25, 0.3) is 0 Å². The summed E-state index contributed by atoms with van der Waals surface area (Å²) >= 11 is 0. The van der Waals surface area contributed by atoms with Crippen LogP contribution in [-0.2, 0) is 0 Å². The highest BCUT2D eigenvalue weighted by atomic mass is 16.3. The zero-order valence-corrected chi connectivity index (χ0v) is 13.5. The van der Waals surface area contributed by atoms with E-state index in [1.807, 2.05) is 0 Å². The summed E-state index contributed by atoms with van der Waals surface area (Å²) < 4.78 is 0. The fourth-order valence-corrected chi connectivity index (χ4v) is 6.76. The highest BCUT2D eigenvalue weighted by molar-refractivity contribution is 5.17. The van der Waals surface area contributed by atoms with E-state index in [1.54, 1.807) is 0 Å². The Morgan fingerprint density at radius 2 is 1.76 bits per heavy atom. The lowest BCUT2D eigenvalue weighted by atomic mass is 9.46. The van der Waals surface area contributed by atoms with Crippen molar-refractivity contribution >= 4 is 0 Å². The second kappa shape index (κ2) is 4.58. The smallest absolute Gasteiger partial charge is 0.0724 e. The van der Waals surface area contributed by atoms with E-state index in [1.165, 1.54) is 32.1 Å². The molecule has 2 N–H and O–H groups in total. The van der Waals surface area contributed by atoms with Crippen LogP contribution in [0.2, 0.25) is 0 Å². The Labute approximate surface area is 128 Å². The first-order valence-electron chi connectivity index (χ1n) is 9.00. The van der Waals surface area contributed by atoms with Crippen molar-refractivity contribution < 1.29 is 10.2 Å². The van der Waals surface area contributed by atoms with Crippen molar-refractivity contribution in [2.45, 2.75) is 71.0 Å². The van der Waals surface area contributed by atoms with Crippen molar-refractivity contribution in [3.63, 3.8) is 0 Å². The molecule has 21 heavy (non-hydrogen) atoms. The van der Waals surface area contributed by atoms with Gasteiger partial charge in [0.1, 0.15) is 0 Å². The van der Waals surface area contributed by atoms with Crippen molar-refractivity contribution in [2.75, 3.05) is 0 Å². The number of hydrogen-bond acceptors (Lipinski definition) is 2. The van der Waals surface area contributed by atoms with Gasteiger partial charge in [0.25, 0.3) is 0 Å². The molecule has 4 aliphatic rings. The first-order valence-corrected chi connectivity index (χ1v) is 9.00. The van der Waals surface area contributed by atoms with Gasteiger partial charge in [0, 0.05) is 0 Å². The standard InChI is InChI=1S/C19H30O2/c1-18-9-7-13(20)11-12(18)3-4-14-15-5-6-17(21)19(15,2)10-8-16(14)18/h7,9,12-17,20-21H,3-6,8,10-11H2,1-2H3/t12-,13-,14+,15-,16-,17-,18-,19-/m0/s1. The van der Waals surface area contributed by atoms with Crippen LogP contribution < -0.4 is 0 Å². The maximum atomic E-state index is 10.5. The summed E-state index contributed by atoms with van der Waals surface area (Å²) in [5.74, 6) is 2.95. The lowest BCUT2D eigenvalue weighted by Crippen LogP contribution is -2.53. The minimum atomic E-state index is -0.221. The van der Waals surface area contributed by atoms with Crippen molar-refractivity contribution in [3.05, 3.63) is 12.2 Å². The van der Waals surface area contributed by atoms with E-state index in [2.05, 4.69) is 26.0 Å². The molecule has 0 radical (unpaired) electrons. The number of allylic oxidation sites excluding steroid dienone is 1. The molecule has 3 fully saturated rings. The summed E-state index contributed by atoms with van der Waals surface area (Å²) in [6.45, 7) is 4.80. The number of hydrogen-bond donors (Lipinski definition) is 2. The second-order valence-corrected chi connectivity index (χ2v) is 8.82. The van der Waals surface area contributed by atoms with Gasteiger partial charge in [0.05, 0.1) is 12.2 Å². The van der Waals surface area contributed by atoms with Crippen LogP contribution in [0.1, 0.15) is 58.8 Å². The highest BCUT2D eigenvalue weighted by Gasteiger charge is 2.59. The van der Waals surface area contributed by atoms with Crippen LogP contribution in [0.4, 0.5) is 0 Å². The minimum absolute atomic E-state index is 0.0716. The summed E-state index contributed by atoms with van der Waals surface area (Å²) in [7, 11) is 0. The fraction of sp³-hybridized carbons (Fsp3) is 0.895. The van der Waals surface area contributed by atoms with Gasteiger partial charge in [-0.05, 0) is 79.4 Å². The lowest BCUT2D eigenvalue weighted by molar-refractivity contribution is -0.0994. The normalized spacial score (nSPS) is 59.2. The topological polar surface area (TPSA) is 40.5 Å². The van der Waals surface area contributed by atoms with E-state index in [-0.39, 0.29) is 23.0 Å². The van der Waals surface area contributed by atoms with Gasteiger partial charge < -0.3 is 10.2 Å². The van der Waals surface area contributed by atoms with E-state index in [0.717, 1.165) is 30.6 Å². The van der Waals surface area contributed by atoms with Crippen LogP contribution in [-0.4, -0.2) is 22.4 Å². The molecule has 2 heteroatoms. The maximum Gasteiger partial charge on any atom is 0.0724 e. The predicted octanol–water partition coefficient (Wildman–Crippen LogP) is 3.53. The summed E-state index contributed by atoms with van der Waals surface area (Å²) in [5.41, 5.74) is 0.472. The Kier molecular flexibility index (Phi) is 3.11. The second-order valence-electron chi connectivity index (χ2n) is 8.82. The number of aliphatic hydroxyl groups is 2. The van der Waals surface area contributed by atoms with Gasteiger partial charge in [-0.2, -0.15) is 0 Å². The third-order valence-corrected chi connectivity index (χ3v) is 8.12. The summed E-state index contributed by atoms with van der Waals surface area (Å²) in [5, 5.41) is 20.4. The molecule has 0 aliphatic heterocycles. The Morgan fingerprint density at radius 3 is 2.57 bits per heavy atom. The monoisotopic (exact) mass is 290 g/mol. The molecule has 0 aromatic rings. The molecule has 4 aliphatic carbocycles. The Bertz CT molecular complexity index is 458. The molecular formula is C19H30O2. The quantitative estimate of drug-likeness (QED) is 0.670. The predicted molar refractivity (Wildman–Crippen MR) is 83.6 cm³/mol. The third-order valence-electron chi connectivity index (χ3n) is 8.12. The summed E-state index contributed by atoms with van der Waals surface area (Å²) in [6.07, 6.45) is 12.4. The molecule has 0 bridgehead atoms. The lowest BCUT2D eigenvalue weighted by Gasteiger charge is -2.59. The van der Waals surface area contributed by atoms with Crippen LogP contribution in [0.3, 0.4) is 0 Å². The zero-order chi connectivity index (χ0) is 14.8. The van der Waals surface area contributed by atoms with Crippen molar-refractivity contribution in [2.24, 2.45) is 34.5 Å². The van der Waals surface area contributed by atoms with E-state index in [0.29, 0.717) is 5.92 Å². The van der Waals surface area contributed by atoms with Crippen LogP contribution in [0, 0.1) is 34.5 Å². The van der Waals surface area contributed by atoms with Gasteiger partial charge in [-0.3, -0.25) is 0 Å². The number of aliphatic hydroxyl groups excluding tert-OH is 2. The Morgan fingerprint density at radius 1 is 0.952 bits per heavy atom. The molecular weight excluding hydrogens is 260 g/mol. The number of rotatable bonds is 0. The Balaban J connectivity index is 1.67. The van der Waals surface area contributed by atoms with Crippen LogP contribution in [0.15, 0.2) is 12.2 Å². The SMILES string of the molecule is C[C@]12C=C[C@H](O)C[C@@H]1CC[C@H]1[C@@H]2CC[C@]2(C)[C@@H](O)CC[C@@H]12. The fourth-order valence-electron chi connectivity index (χ4n) is 6.76. The maximum absolute atomic E-state index is 10.5. The third kappa shape index (κ3) is 1.84. The average Bonchev–Trinajstić information content (AvgIpc) is 2.76. The van der Waals surface area contributed by atoms with Crippen molar-refractivity contribution in [1.82, 2.24) is 0 Å². The van der Waals surface area contributed by atoms with Gasteiger partial charge in [0.2, 0.25) is 0 Å². The molecule has 4 rings (SSSR count). The molecule has 0 aromatic heterocycles. The van der Waals surface area contributed by atoms with Crippen molar-refractivity contribution in [1.29, 1.82) is 0 Å². The molecule has 118 valence electrons. The van der Waals surface area contributed by atoms with E-state index in [9.17, 15) is 10.2 Å². The minimum Gasteiger partial charge on any atom is -0.393 e. The average molecular weight is 290 g/mol. The molecule has 2 nitrogen and oxygen atoms in total. The molecule has 0 saturated heterocycles. The van der Waals surface area contributed by atoms with E-state index in [4.69, 9.17) is 0 Å². The molecule has 0 aromatic carbocycles. The Hall–Kier alpha value is -0.340. The van der Waals surface area contributed by atoms with Gasteiger partial charge in [0.15, 0.2) is 0 Å². The van der Waals surface area contributed by atoms with Gasteiger partial charge in [-0.15, -0.1) is 0 Å². The van der Waals surface area contributed by atoms with Gasteiger partial charge >= 0.3 is 0 Å². The van der Waals surface area contributed by atoms with Crippen molar-refractivity contribution in [3.8, 4) is 0 Å². The van der Waals surface area contributed by atoms with Gasteiger partial charge in [-0.25, -0.2) is 0 Å². The molecule has 3 saturated carbocycles. The molecule has 0 spiro atoms.